The summed E-state index contributed by atoms with van der Waals surface area (Å²) in [7, 11) is 0. The maximum atomic E-state index is 5.93. The van der Waals surface area contributed by atoms with E-state index in [-0.39, 0.29) is 5.41 Å². The van der Waals surface area contributed by atoms with E-state index >= 15 is 0 Å². The van der Waals surface area contributed by atoms with Crippen LogP contribution in [0.2, 0.25) is 0 Å². The quantitative estimate of drug-likeness (QED) is 0.826. The number of fused-ring (bicyclic) bond motifs is 1. The summed E-state index contributed by atoms with van der Waals surface area (Å²) in [5.41, 5.74) is 9.06. The molecule has 1 heterocycles. The number of hydrogen-bond donors (Lipinski definition) is 1. The summed E-state index contributed by atoms with van der Waals surface area (Å²) in [4.78, 5) is 4.89. The van der Waals surface area contributed by atoms with Crippen LogP contribution in [-0.4, -0.2) is 9.55 Å². The minimum absolute atomic E-state index is 0.0580. The number of nitrogens with zero attached hydrogens (tertiary/aromatic N) is 2. The lowest BCUT2D eigenvalue weighted by Crippen LogP contribution is -2.22. The number of hydrogen-bond acceptors (Lipinski definition) is 2. The van der Waals surface area contributed by atoms with Crippen molar-refractivity contribution in [2.24, 2.45) is 5.92 Å². The van der Waals surface area contributed by atoms with Crippen molar-refractivity contribution in [3.8, 4) is 0 Å². The molecule has 21 heavy (non-hydrogen) atoms. The highest BCUT2D eigenvalue weighted by Gasteiger charge is 2.25. The Morgan fingerprint density at radius 1 is 1.19 bits per heavy atom. The topological polar surface area (TPSA) is 43.8 Å². The van der Waals surface area contributed by atoms with Crippen LogP contribution in [0.25, 0.3) is 11.0 Å². The molecule has 0 bridgehead atoms. The van der Waals surface area contributed by atoms with Crippen LogP contribution in [0, 0.1) is 5.92 Å². The van der Waals surface area contributed by atoms with Crippen LogP contribution in [0.5, 0.6) is 0 Å². The van der Waals surface area contributed by atoms with Gasteiger partial charge >= 0.3 is 0 Å². The van der Waals surface area contributed by atoms with Crippen LogP contribution in [-0.2, 0) is 12.0 Å². The lowest BCUT2D eigenvalue weighted by molar-refractivity contribution is 0.313. The molecule has 1 fully saturated rings. The zero-order valence-corrected chi connectivity index (χ0v) is 13.5. The number of imidazole rings is 1. The van der Waals surface area contributed by atoms with Gasteiger partial charge in [-0.05, 0) is 37.0 Å². The summed E-state index contributed by atoms with van der Waals surface area (Å²) in [6, 6.07) is 6.13. The smallest absolute Gasteiger partial charge is 0.115 e. The second-order valence-electron chi connectivity index (χ2n) is 7.55. The number of nitrogen functional groups attached to an aromatic ring is 1. The molecule has 1 saturated carbocycles. The summed E-state index contributed by atoms with van der Waals surface area (Å²) in [5.74, 6) is 1.99. The van der Waals surface area contributed by atoms with Gasteiger partial charge in [0, 0.05) is 17.6 Å². The molecule has 2 N–H and O–H groups in total. The van der Waals surface area contributed by atoms with E-state index in [2.05, 4.69) is 31.4 Å². The molecule has 0 unspecified atom stereocenters. The highest BCUT2D eigenvalue weighted by molar-refractivity contribution is 5.79. The van der Waals surface area contributed by atoms with Crippen molar-refractivity contribution in [3.63, 3.8) is 0 Å². The highest BCUT2D eigenvalue weighted by atomic mass is 15.1. The summed E-state index contributed by atoms with van der Waals surface area (Å²) >= 11 is 0. The predicted molar refractivity (Wildman–Crippen MR) is 89.4 cm³/mol. The zero-order chi connectivity index (χ0) is 15.0. The molecule has 0 radical (unpaired) electrons. The molecule has 3 heteroatoms. The van der Waals surface area contributed by atoms with E-state index in [1.54, 1.807) is 0 Å². The predicted octanol–water partition coefficient (Wildman–Crippen LogP) is 4.50. The second kappa shape index (κ2) is 5.36. The van der Waals surface area contributed by atoms with E-state index in [0.717, 1.165) is 23.7 Å². The molecule has 3 rings (SSSR count). The molecule has 114 valence electrons. The van der Waals surface area contributed by atoms with Crippen molar-refractivity contribution in [2.45, 2.75) is 64.8 Å². The average Bonchev–Trinajstić information content (AvgIpc) is 2.78. The fourth-order valence-corrected chi connectivity index (χ4v) is 3.53. The minimum atomic E-state index is 0.0580. The third kappa shape index (κ3) is 2.92. The van der Waals surface area contributed by atoms with Gasteiger partial charge in [-0.2, -0.15) is 0 Å². The number of nitrogens with two attached hydrogens (primary N) is 1. The van der Waals surface area contributed by atoms with Crippen molar-refractivity contribution in [1.82, 2.24) is 9.55 Å². The van der Waals surface area contributed by atoms with E-state index in [4.69, 9.17) is 10.7 Å². The summed E-state index contributed by atoms with van der Waals surface area (Å²) in [5, 5.41) is 0. The number of anilines is 1. The van der Waals surface area contributed by atoms with Crippen LogP contribution >= 0.6 is 0 Å². The molecule has 1 aromatic heterocycles. The molecule has 0 aliphatic heterocycles. The SMILES string of the molecule is CC(C)(C)c1nc2cc(N)ccc2n1CC1CCCCC1. The summed E-state index contributed by atoms with van der Waals surface area (Å²) in [6.07, 6.45) is 6.89. The van der Waals surface area contributed by atoms with Gasteiger partial charge in [0.1, 0.15) is 5.82 Å². The van der Waals surface area contributed by atoms with Crippen LogP contribution in [0.15, 0.2) is 18.2 Å². The molecule has 1 aromatic carbocycles. The first kappa shape index (κ1) is 14.4. The van der Waals surface area contributed by atoms with Crippen molar-refractivity contribution in [2.75, 3.05) is 5.73 Å². The standard InChI is InChI=1S/C18H27N3/c1-18(2,3)17-20-15-11-14(19)9-10-16(15)21(17)12-13-7-5-4-6-8-13/h9-11,13H,4-8,12,19H2,1-3H3. The molecule has 3 nitrogen and oxygen atoms in total. The third-order valence-corrected chi connectivity index (χ3v) is 4.61. The van der Waals surface area contributed by atoms with Crippen molar-refractivity contribution in [3.05, 3.63) is 24.0 Å². The van der Waals surface area contributed by atoms with Crippen molar-refractivity contribution < 1.29 is 0 Å². The van der Waals surface area contributed by atoms with Crippen LogP contribution < -0.4 is 5.73 Å². The van der Waals surface area contributed by atoms with Gasteiger partial charge in [-0.3, -0.25) is 0 Å². The Balaban J connectivity index is 2.04. The third-order valence-electron chi connectivity index (χ3n) is 4.61. The van der Waals surface area contributed by atoms with Gasteiger partial charge < -0.3 is 10.3 Å². The van der Waals surface area contributed by atoms with Gasteiger partial charge in [-0.25, -0.2) is 4.98 Å². The fraction of sp³-hybridized carbons (Fsp3) is 0.611. The molecule has 2 aromatic rings. The molecule has 0 amide bonds. The molecular formula is C18H27N3. The van der Waals surface area contributed by atoms with Crippen LogP contribution in [0.3, 0.4) is 0 Å². The molecule has 1 aliphatic carbocycles. The maximum Gasteiger partial charge on any atom is 0.115 e. The van der Waals surface area contributed by atoms with E-state index in [9.17, 15) is 0 Å². The first-order valence-electron chi connectivity index (χ1n) is 8.21. The van der Waals surface area contributed by atoms with Crippen LogP contribution in [0.4, 0.5) is 5.69 Å². The lowest BCUT2D eigenvalue weighted by atomic mass is 9.88. The van der Waals surface area contributed by atoms with Crippen LogP contribution in [0.1, 0.15) is 58.7 Å². The average molecular weight is 285 g/mol. The Kier molecular flexibility index (Phi) is 3.68. The van der Waals surface area contributed by atoms with E-state index < -0.39 is 0 Å². The fourth-order valence-electron chi connectivity index (χ4n) is 3.53. The molecule has 1 aliphatic rings. The summed E-state index contributed by atoms with van der Waals surface area (Å²) < 4.78 is 2.45. The molecule has 0 spiro atoms. The van der Waals surface area contributed by atoms with Crippen molar-refractivity contribution in [1.29, 1.82) is 0 Å². The van der Waals surface area contributed by atoms with Gasteiger partial charge in [0.2, 0.25) is 0 Å². The van der Waals surface area contributed by atoms with Gasteiger partial charge in [0.05, 0.1) is 11.0 Å². The van der Waals surface area contributed by atoms with Crippen molar-refractivity contribution >= 4 is 16.7 Å². The number of rotatable bonds is 2. The Morgan fingerprint density at radius 2 is 1.90 bits per heavy atom. The molecule has 0 atom stereocenters. The zero-order valence-electron chi connectivity index (χ0n) is 13.5. The normalized spacial score (nSPS) is 17.5. The molecular weight excluding hydrogens is 258 g/mol. The minimum Gasteiger partial charge on any atom is -0.399 e. The van der Waals surface area contributed by atoms with Gasteiger partial charge in [-0.15, -0.1) is 0 Å². The number of benzene rings is 1. The van der Waals surface area contributed by atoms with E-state index in [0.29, 0.717) is 0 Å². The van der Waals surface area contributed by atoms with Gasteiger partial charge in [-0.1, -0.05) is 40.0 Å². The summed E-state index contributed by atoms with van der Waals surface area (Å²) in [6.45, 7) is 7.84. The largest absolute Gasteiger partial charge is 0.399 e. The van der Waals surface area contributed by atoms with Gasteiger partial charge in [0.15, 0.2) is 0 Å². The first-order chi connectivity index (χ1) is 9.95. The van der Waals surface area contributed by atoms with E-state index in [1.807, 2.05) is 12.1 Å². The Hall–Kier alpha value is -1.51. The highest BCUT2D eigenvalue weighted by Crippen LogP contribution is 2.31. The van der Waals surface area contributed by atoms with E-state index in [1.165, 1.54) is 43.4 Å². The Bertz CT molecular complexity index is 628. The van der Waals surface area contributed by atoms with Gasteiger partial charge in [0.25, 0.3) is 0 Å². The Morgan fingerprint density at radius 3 is 2.57 bits per heavy atom. The second-order valence-corrected chi connectivity index (χ2v) is 7.55. The number of aromatic nitrogens is 2. The molecule has 0 saturated heterocycles. The lowest BCUT2D eigenvalue weighted by Gasteiger charge is -2.26. The first-order valence-corrected chi connectivity index (χ1v) is 8.21. The monoisotopic (exact) mass is 285 g/mol. The maximum absolute atomic E-state index is 5.93. The Labute approximate surface area is 127 Å².